The maximum absolute atomic E-state index is 5.26. The van der Waals surface area contributed by atoms with Gasteiger partial charge in [-0.25, -0.2) is 0 Å². The number of hydrogen-bond acceptors (Lipinski definition) is 3. The van der Waals surface area contributed by atoms with E-state index in [4.69, 9.17) is 4.74 Å². The minimum atomic E-state index is 0.442. The van der Waals surface area contributed by atoms with E-state index in [0.717, 1.165) is 12.5 Å². The van der Waals surface area contributed by atoms with Crippen molar-refractivity contribution < 1.29 is 4.74 Å². The number of hydrogen-bond donors (Lipinski definition) is 1. The summed E-state index contributed by atoms with van der Waals surface area (Å²) in [6.45, 7) is 3.06. The van der Waals surface area contributed by atoms with Crippen LogP contribution in [0, 0.1) is 5.92 Å². The van der Waals surface area contributed by atoms with E-state index < -0.39 is 0 Å². The van der Waals surface area contributed by atoms with Crippen LogP contribution in [0.2, 0.25) is 0 Å². The van der Waals surface area contributed by atoms with Crippen LogP contribution in [0.25, 0.3) is 0 Å². The van der Waals surface area contributed by atoms with Gasteiger partial charge in [0.15, 0.2) is 0 Å². The van der Waals surface area contributed by atoms with Crippen molar-refractivity contribution in [3.05, 3.63) is 22.4 Å². The van der Waals surface area contributed by atoms with Crippen LogP contribution in [0.3, 0.4) is 0 Å². The first-order valence-corrected chi connectivity index (χ1v) is 6.52. The molecule has 1 fully saturated rings. The summed E-state index contributed by atoms with van der Waals surface area (Å²) in [5.74, 6) is 0.839. The van der Waals surface area contributed by atoms with E-state index in [9.17, 15) is 0 Å². The third-order valence-corrected chi connectivity index (χ3v) is 3.75. The second-order valence-electron chi connectivity index (χ2n) is 4.34. The van der Waals surface area contributed by atoms with E-state index in [-0.39, 0.29) is 0 Å². The zero-order chi connectivity index (χ0) is 10.7. The minimum Gasteiger partial charge on any atom is -0.383 e. The van der Waals surface area contributed by atoms with Gasteiger partial charge in [0, 0.05) is 19.2 Å². The Morgan fingerprint density at radius 2 is 2.40 bits per heavy atom. The lowest BCUT2D eigenvalue weighted by Crippen LogP contribution is -2.36. The fraction of sp³-hybridized carbons (Fsp3) is 0.667. The lowest BCUT2D eigenvalue weighted by molar-refractivity contribution is 0.152. The Hall–Kier alpha value is -0.380. The van der Waals surface area contributed by atoms with Crippen LogP contribution in [0.5, 0.6) is 0 Å². The van der Waals surface area contributed by atoms with Crippen molar-refractivity contribution in [3.8, 4) is 0 Å². The highest BCUT2D eigenvalue weighted by molar-refractivity contribution is 7.07. The van der Waals surface area contributed by atoms with Gasteiger partial charge in [-0.2, -0.15) is 11.3 Å². The van der Waals surface area contributed by atoms with Gasteiger partial charge in [0.2, 0.25) is 0 Å². The summed E-state index contributed by atoms with van der Waals surface area (Å²) in [4.78, 5) is 0. The summed E-state index contributed by atoms with van der Waals surface area (Å²) < 4.78 is 5.26. The monoisotopic (exact) mass is 225 g/mol. The van der Waals surface area contributed by atoms with Crippen molar-refractivity contribution in [3.63, 3.8) is 0 Å². The average Bonchev–Trinajstić information content (AvgIpc) is 2.92. The summed E-state index contributed by atoms with van der Waals surface area (Å²) in [5.41, 5.74) is 1.39. The molecule has 84 valence electrons. The molecule has 0 saturated heterocycles. The molecule has 1 N–H and O–H groups in total. The van der Waals surface area contributed by atoms with Gasteiger partial charge in [0.05, 0.1) is 6.61 Å². The van der Waals surface area contributed by atoms with Crippen molar-refractivity contribution >= 4 is 11.3 Å². The first-order valence-electron chi connectivity index (χ1n) is 5.58. The van der Waals surface area contributed by atoms with E-state index in [0.29, 0.717) is 12.1 Å². The quantitative estimate of drug-likeness (QED) is 0.804. The van der Waals surface area contributed by atoms with Crippen LogP contribution in [-0.2, 0) is 4.74 Å². The predicted molar refractivity (Wildman–Crippen MR) is 64.3 cm³/mol. The molecule has 15 heavy (non-hydrogen) atoms. The first-order chi connectivity index (χ1) is 7.31. The number of rotatable bonds is 6. The summed E-state index contributed by atoms with van der Waals surface area (Å²) in [7, 11) is 1.78. The number of methoxy groups -OCH3 is 1. The lowest BCUT2D eigenvalue weighted by Gasteiger charge is -2.22. The summed E-state index contributed by atoms with van der Waals surface area (Å²) >= 11 is 1.76. The van der Waals surface area contributed by atoms with Gasteiger partial charge >= 0.3 is 0 Å². The summed E-state index contributed by atoms with van der Waals surface area (Å²) in [5, 5.41) is 8.02. The molecule has 1 aliphatic rings. The molecule has 0 aliphatic heterocycles. The van der Waals surface area contributed by atoms with E-state index >= 15 is 0 Å². The lowest BCUT2D eigenvalue weighted by atomic mass is 10.1. The van der Waals surface area contributed by atoms with Crippen LogP contribution in [0.1, 0.15) is 31.4 Å². The molecule has 0 radical (unpaired) electrons. The van der Waals surface area contributed by atoms with E-state index in [1.54, 1.807) is 18.4 Å². The smallest absolute Gasteiger partial charge is 0.0618 e. The highest BCUT2D eigenvalue weighted by atomic mass is 32.1. The largest absolute Gasteiger partial charge is 0.383 e. The van der Waals surface area contributed by atoms with Crippen molar-refractivity contribution in [1.82, 2.24) is 5.32 Å². The van der Waals surface area contributed by atoms with Gasteiger partial charge in [0.1, 0.15) is 0 Å². The maximum atomic E-state index is 5.26. The van der Waals surface area contributed by atoms with Gasteiger partial charge in [-0.05, 0) is 48.1 Å². The highest BCUT2D eigenvalue weighted by Gasteiger charge is 2.31. The van der Waals surface area contributed by atoms with Crippen LogP contribution >= 0.6 is 11.3 Å². The molecule has 3 heteroatoms. The van der Waals surface area contributed by atoms with Gasteiger partial charge in [-0.3, -0.25) is 0 Å². The van der Waals surface area contributed by atoms with E-state index in [2.05, 4.69) is 29.1 Å². The SMILES string of the molecule is COCC(NC(C)c1ccsc1)C1CC1. The van der Waals surface area contributed by atoms with Gasteiger partial charge in [0.25, 0.3) is 0 Å². The zero-order valence-electron chi connectivity index (χ0n) is 9.40. The fourth-order valence-electron chi connectivity index (χ4n) is 1.94. The molecule has 0 spiro atoms. The second kappa shape index (κ2) is 5.10. The molecule has 1 aliphatic carbocycles. The van der Waals surface area contributed by atoms with Crippen molar-refractivity contribution in [2.45, 2.75) is 31.8 Å². The summed E-state index contributed by atoms with van der Waals surface area (Å²) in [6.07, 6.45) is 2.72. The van der Waals surface area contributed by atoms with Crippen LogP contribution < -0.4 is 5.32 Å². The Balaban J connectivity index is 1.88. The molecule has 2 unspecified atom stereocenters. The van der Waals surface area contributed by atoms with Crippen LogP contribution in [-0.4, -0.2) is 19.8 Å². The van der Waals surface area contributed by atoms with Crippen LogP contribution in [0.15, 0.2) is 16.8 Å². The second-order valence-corrected chi connectivity index (χ2v) is 5.12. The molecule has 0 bridgehead atoms. The van der Waals surface area contributed by atoms with Gasteiger partial charge in [-0.15, -0.1) is 0 Å². The third-order valence-electron chi connectivity index (χ3n) is 3.04. The van der Waals surface area contributed by atoms with E-state index in [1.165, 1.54) is 18.4 Å². The van der Waals surface area contributed by atoms with Crippen LogP contribution in [0.4, 0.5) is 0 Å². The molecule has 2 rings (SSSR count). The molecule has 0 aromatic carbocycles. The third kappa shape index (κ3) is 3.03. The molecule has 1 saturated carbocycles. The first kappa shape index (κ1) is 11.1. The normalized spacial score (nSPS) is 20.1. The molecular formula is C12H19NOS. The number of ether oxygens (including phenoxy) is 1. The average molecular weight is 225 g/mol. The zero-order valence-corrected chi connectivity index (χ0v) is 10.2. The van der Waals surface area contributed by atoms with Gasteiger partial charge < -0.3 is 10.1 Å². The molecule has 1 aromatic rings. The topological polar surface area (TPSA) is 21.3 Å². The molecule has 2 nitrogen and oxygen atoms in total. The number of thiophene rings is 1. The Morgan fingerprint density at radius 3 is 2.93 bits per heavy atom. The Bertz CT molecular complexity index is 282. The Morgan fingerprint density at radius 1 is 1.60 bits per heavy atom. The van der Waals surface area contributed by atoms with Crippen molar-refractivity contribution in [2.24, 2.45) is 5.92 Å². The fourth-order valence-corrected chi connectivity index (χ4v) is 2.69. The van der Waals surface area contributed by atoms with Crippen molar-refractivity contribution in [1.29, 1.82) is 0 Å². The molecule has 1 aromatic heterocycles. The Labute approximate surface area is 95.6 Å². The summed E-state index contributed by atoms with van der Waals surface area (Å²) in [6, 6.07) is 3.17. The molecular weight excluding hydrogens is 206 g/mol. The molecule has 1 heterocycles. The molecule has 0 amide bonds. The van der Waals surface area contributed by atoms with E-state index in [1.807, 2.05) is 0 Å². The number of nitrogens with one attached hydrogen (secondary N) is 1. The predicted octanol–water partition coefficient (Wildman–Crippen LogP) is 2.82. The highest BCUT2D eigenvalue weighted by Crippen LogP contribution is 2.34. The Kier molecular flexibility index (Phi) is 3.78. The van der Waals surface area contributed by atoms with Gasteiger partial charge in [-0.1, -0.05) is 0 Å². The molecule has 2 atom stereocenters. The maximum Gasteiger partial charge on any atom is 0.0618 e. The van der Waals surface area contributed by atoms with Crippen molar-refractivity contribution in [2.75, 3.05) is 13.7 Å². The standard InChI is InChI=1S/C12H19NOS/c1-9(11-5-6-15-8-11)13-12(7-14-2)10-3-4-10/h5-6,8-10,12-13H,3-4,7H2,1-2H3. The minimum absolute atomic E-state index is 0.442.